The number of anilines is 1. The third kappa shape index (κ3) is 2.48. The monoisotopic (exact) mass is 208 g/mol. The molecule has 0 aromatic heterocycles. The molecule has 0 bridgehead atoms. The van der Waals surface area contributed by atoms with Gasteiger partial charge in [0.05, 0.1) is 6.07 Å². The molecule has 14 heavy (non-hydrogen) atoms. The zero-order valence-electron chi connectivity index (χ0n) is 7.70. The number of amides is 1. The van der Waals surface area contributed by atoms with Crippen molar-refractivity contribution in [1.82, 2.24) is 0 Å². The average Bonchev–Trinajstić information content (AvgIpc) is 2.13. The lowest BCUT2D eigenvalue weighted by Crippen LogP contribution is -2.25. The fourth-order valence-electron chi connectivity index (χ4n) is 1.12. The van der Waals surface area contributed by atoms with Crippen LogP contribution in [0.25, 0.3) is 0 Å². The van der Waals surface area contributed by atoms with Crippen molar-refractivity contribution in [3.63, 3.8) is 0 Å². The van der Waals surface area contributed by atoms with Crippen LogP contribution in [0.5, 0.6) is 0 Å². The molecule has 0 aliphatic carbocycles. The Morgan fingerprint density at radius 3 is 2.86 bits per heavy atom. The Bertz CT molecular complexity index is 384. The Labute approximate surface area is 87.5 Å². The SMILES string of the molecule is Cc1cccc(N(CC#N)C(=O)Cl)c1. The lowest BCUT2D eigenvalue weighted by Gasteiger charge is -2.16. The third-order valence-electron chi connectivity index (χ3n) is 1.75. The van der Waals surface area contributed by atoms with Gasteiger partial charge in [0, 0.05) is 5.69 Å². The summed E-state index contributed by atoms with van der Waals surface area (Å²) in [5, 5.41) is 7.87. The predicted octanol–water partition coefficient (Wildman–Crippen LogP) is 2.68. The summed E-state index contributed by atoms with van der Waals surface area (Å²) in [5.74, 6) is 0. The van der Waals surface area contributed by atoms with Crippen molar-refractivity contribution in [2.24, 2.45) is 0 Å². The summed E-state index contributed by atoms with van der Waals surface area (Å²) in [6.07, 6.45) is 0. The molecule has 0 saturated carbocycles. The van der Waals surface area contributed by atoms with Gasteiger partial charge in [-0.05, 0) is 36.2 Å². The topological polar surface area (TPSA) is 44.1 Å². The van der Waals surface area contributed by atoms with Crippen molar-refractivity contribution >= 4 is 22.7 Å². The molecule has 4 heteroatoms. The van der Waals surface area contributed by atoms with Crippen LogP contribution in [0.15, 0.2) is 24.3 Å². The second-order valence-electron chi connectivity index (χ2n) is 2.84. The van der Waals surface area contributed by atoms with Gasteiger partial charge in [-0.1, -0.05) is 12.1 Å². The van der Waals surface area contributed by atoms with Crippen LogP contribution in [0.4, 0.5) is 10.5 Å². The molecule has 3 nitrogen and oxygen atoms in total. The minimum atomic E-state index is -0.642. The van der Waals surface area contributed by atoms with Crippen LogP contribution in [0.2, 0.25) is 0 Å². The summed E-state index contributed by atoms with van der Waals surface area (Å²) in [5.41, 5.74) is 1.66. The Morgan fingerprint density at radius 1 is 1.64 bits per heavy atom. The number of nitriles is 1. The van der Waals surface area contributed by atoms with E-state index in [1.807, 2.05) is 25.1 Å². The van der Waals surface area contributed by atoms with Crippen molar-refractivity contribution in [3.8, 4) is 6.07 Å². The summed E-state index contributed by atoms with van der Waals surface area (Å²) < 4.78 is 0. The Balaban J connectivity index is 3.00. The number of carbonyl (C=O) groups is 1. The Hall–Kier alpha value is -1.53. The second kappa shape index (κ2) is 4.64. The molecule has 0 N–H and O–H groups in total. The van der Waals surface area contributed by atoms with E-state index in [-0.39, 0.29) is 6.54 Å². The average molecular weight is 209 g/mol. The first-order valence-corrected chi connectivity index (χ1v) is 4.43. The van der Waals surface area contributed by atoms with Gasteiger partial charge >= 0.3 is 5.37 Å². The highest BCUT2D eigenvalue weighted by molar-refractivity contribution is 6.66. The molecule has 0 aliphatic rings. The number of rotatable bonds is 2. The van der Waals surface area contributed by atoms with Gasteiger partial charge in [-0.2, -0.15) is 5.26 Å². The molecule has 0 fully saturated rings. The zero-order chi connectivity index (χ0) is 10.6. The van der Waals surface area contributed by atoms with Crippen molar-refractivity contribution in [1.29, 1.82) is 5.26 Å². The van der Waals surface area contributed by atoms with Crippen molar-refractivity contribution in [2.45, 2.75) is 6.92 Å². The number of carbonyl (C=O) groups excluding carboxylic acids is 1. The summed E-state index contributed by atoms with van der Waals surface area (Å²) in [6, 6.07) is 9.16. The molecule has 1 rings (SSSR count). The number of halogens is 1. The Kier molecular flexibility index (Phi) is 3.49. The van der Waals surface area contributed by atoms with Crippen LogP contribution in [0.3, 0.4) is 0 Å². The van der Waals surface area contributed by atoms with E-state index >= 15 is 0 Å². The third-order valence-corrected chi connectivity index (χ3v) is 1.96. The highest BCUT2D eigenvalue weighted by Crippen LogP contribution is 2.17. The van der Waals surface area contributed by atoms with Crippen LogP contribution in [0, 0.1) is 18.3 Å². The number of benzene rings is 1. The van der Waals surface area contributed by atoms with Gasteiger partial charge in [-0.3, -0.25) is 9.69 Å². The van der Waals surface area contributed by atoms with E-state index in [2.05, 4.69) is 0 Å². The van der Waals surface area contributed by atoms with E-state index in [0.29, 0.717) is 5.69 Å². The van der Waals surface area contributed by atoms with Crippen LogP contribution < -0.4 is 4.90 Å². The predicted molar refractivity (Wildman–Crippen MR) is 55.4 cm³/mol. The van der Waals surface area contributed by atoms with Gasteiger partial charge < -0.3 is 0 Å². The molecule has 72 valence electrons. The van der Waals surface area contributed by atoms with Crippen molar-refractivity contribution in [3.05, 3.63) is 29.8 Å². The summed E-state index contributed by atoms with van der Waals surface area (Å²) in [7, 11) is 0. The maximum atomic E-state index is 11.0. The number of hydrogen-bond donors (Lipinski definition) is 0. The normalized spacial score (nSPS) is 9.21. The minimum Gasteiger partial charge on any atom is -0.285 e. The minimum absolute atomic E-state index is 0.0359. The van der Waals surface area contributed by atoms with E-state index in [9.17, 15) is 4.79 Å². The van der Waals surface area contributed by atoms with Crippen LogP contribution >= 0.6 is 11.6 Å². The van der Waals surface area contributed by atoms with Gasteiger partial charge in [-0.15, -0.1) is 0 Å². The number of nitrogens with zero attached hydrogens (tertiary/aromatic N) is 2. The van der Waals surface area contributed by atoms with Crippen LogP contribution in [-0.4, -0.2) is 11.9 Å². The fraction of sp³-hybridized carbons (Fsp3) is 0.200. The largest absolute Gasteiger partial charge is 0.321 e. The lowest BCUT2D eigenvalue weighted by molar-refractivity contribution is 0.264. The smallest absolute Gasteiger partial charge is 0.285 e. The highest BCUT2D eigenvalue weighted by atomic mass is 35.5. The molecule has 1 amide bonds. The molecule has 1 aromatic carbocycles. The lowest BCUT2D eigenvalue weighted by atomic mass is 10.2. The maximum absolute atomic E-state index is 11.0. The highest BCUT2D eigenvalue weighted by Gasteiger charge is 2.12. The van der Waals surface area contributed by atoms with Crippen LogP contribution in [-0.2, 0) is 0 Å². The van der Waals surface area contributed by atoms with Gasteiger partial charge in [0.15, 0.2) is 0 Å². The summed E-state index contributed by atoms with van der Waals surface area (Å²) in [6.45, 7) is 1.87. The molecule has 0 spiro atoms. The standard InChI is InChI=1S/C10H9ClN2O/c1-8-3-2-4-9(7-8)13(6-5-12)10(11)14/h2-4,7H,6H2,1H3. The maximum Gasteiger partial charge on any atom is 0.321 e. The van der Waals surface area contributed by atoms with Gasteiger partial charge in [0.1, 0.15) is 6.54 Å². The van der Waals surface area contributed by atoms with E-state index in [1.54, 1.807) is 12.1 Å². The molecule has 0 aliphatic heterocycles. The molecule has 0 radical (unpaired) electrons. The molecular formula is C10H9ClN2O. The van der Waals surface area contributed by atoms with Crippen molar-refractivity contribution in [2.75, 3.05) is 11.4 Å². The van der Waals surface area contributed by atoms with Gasteiger partial charge in [0.25, 0.3) is 0 Å². The second-order valence-corrected chi connectivity index (χ2v) is 3.16. The van der Waals surface area contributed by atoms with Gasteiger partial charge in [-0.25, -0.2) is 0 Å². The first kappa shape index (κ1) is 10.6. The van der Waals surface area contributed by atoms with Gasteiger partial charge in [0.2, 0.25) is 0 Å². The molecular weight excluding hydrogens is 200 g/mol. The van der Waals surface area contributed by atoms with E-state index in [1.165, 1.54) is 4.90 Å². The zero-order valence-corrected chi connectivity index (χ0v) is 8.45. The fourth-order valence-corrected chi connectivity index (χ4v) is 1.28. The number of hydrogen-bond acceptors (Lipinski definition) is 2. The molecule has 1 aromatic rings. The molecule has 0 heterocycles. The quantitative estimate of drug-likeness (QED) is 0.426. The van der Waals surface area contributed by atoms with Crippen LogP contribution in [0.1, 0.15) is 5.56 Å². The first-order chi connectivity index (χ1) is 6.65. The summed E-state index contributed by atoms with van der Waals surface area (Å²) in [4.78, 5) is 12.2. The van der Waals surface area contributed by atoms with E-state index < -0.39 is 5.37 Å². The Morgan fingerprint density at radius 2 is 2.36 bits per heavy atom. The van der Waals surface area contributed by atoms with E-state index in [4.69, 9.17) is 16.9 Å². The number of aryl methyl sites for hydroxylation is 1. The molecule has 0 atom stereocenters. The van der Waals surface area contributed by atoms with E-state index in [0.717, 1.165) is 5.56 Å². The van der Waals surface area contributed by atoms with Crippen molar-refractivity contribution < 1.29 is 4.79 Å². The summed E-state index contributed by atoms with van der Waals surface area (Å²) >= 11 is 5.35. The molecule has 0 unspecified atom stereocenters. The molecule has 0 saturated heterocycles. The first-order valence-electron chi connectivity index (χ1n) is 4.06.